The standard InChI is InChI=1S/C23H26N2O3S/c1-24(17-18-9-3-6-12-21(18)25-15-7-8-16-25)29(26,27)23-14-13-22(28-2)19-10-4-5-11-20(19)23/h3-6,9-14H,7-8,15-17H2,1-2H3. The molecule has 5 nitrogen and oxygen atoms in total. The van der Waals surface area contributed by atoms with Crippen molar-refractivity contribution < 1.29 is 13.2 Å². The van der Waals surface area contributed by atoms with Gasteiger partial charge in [-0.05, 0) is 36.6 Å². The first-order valence-corrected chi connectivity index (χ1v) is 11.3. The lowest BCUT2D eigenvalue weighted by atomic mass is 10.1. The van der Waals surface area contributed by atoms with Crippen LogP contribution in [-0.4, -0.2) is 40.0 Å². The number of hydrogen-bond donors (Lipinski definition) is 0. The molecule has 1 aliphatic rings. The van der Waals surface area contributed by atoms with Crippen LogP contribution in [0.1, 0.15) is 18.4 Å². The molecule has 0 unspecified atom stereocenters. The summed E-state index contributed by atoms with van der Waals surface area (Å²) >= 11 is 0. The fourth-order valence-electron chi connectivity index (χ4n) is 4.05. The Morgan fingerprint density at radius 2 is 1.59 bits per heavy atom. The van der Waals surface area contributed by atoms with E-state index in [9.17, 15) is 8.42 Å². The Hall–Kier alpha value is -2.57. The molecule has 6 heteroatoms. The van der Waals surface area contributed by atoms with Crippen LogP contribution < -0.4 is 9.64 Å². The number of sulfonamides is 1. The molecule has 0 spiro atoms. The first kappa shape index (κ1) is 19.7. The Kier molecular flexibility index (Phi) is 5.48. The lowest BCUT2D eigenvalue weighted by Gasteiger charge is -2.24. The van der Waals surface area contributed by atoms with Gasteiger partial charge in [0.15, 0.2) is 0 Å². The molecule has 1 heterocycles. The second-order valence-electron chi connectivity index (χ2n) is 7.40. The van der Waals surface area contributed by atoms with Crippen LogP contribution in [0.3, 0.4) is 0 Å². The van der Waals surface area contributed by atoms with Gasteiger partial charge in [0.1, 0.15) is 5.75 Å². The zero-order chi connectivity index (χ0) is 20.4. The molecule has 0 bridgehead atoms. The summed E-state index contributed by atoms with van der Waals surface area (Å²) in [5.41, 5.74) is 2.16. The summed E-state index contributed by atoms with van der Waals surface area (Å²) in [6.07, 6.45) is 2.36. The van der Waals surface area contributed by atoms with Gasteiger partial charge in [-0.2, -0.15) is 4.31 Å². The van der Waals surface area contributed by atoms with Gasteiger partial charge in [-0.3, -0.25) is 0 Å². The van der Waals surface area contributed by atoms with Gasteiger partial charge in [0.2, 0.25) is 10.0 Å². The van der Waals surface area contributed by atoms with Gasteiger partial charge in [-0.1, -0.05) is 42.5 Å². The van der Waals surface area contributed by atoms with E-state index in [2.05, 4.69) is 11.0 Å². The molecule has 0 amide bonds. The van der Waals surface area contributed by atoms with Gasteiger partial charge in [0.25, 0.3) is 0 Å². The average Bonchev–Trinajstić information content (AvgIpc) is 3.28. The quantitative estimate of drug-likeness (QED) is 0.609. The molecule has 0 N–H and O–H groups in total. The molecule has 4 rings (SSSR count). The predicted molar refractivity (Wildman–Crippen MR) is 117 cm³/mol. The zero-order valence-corrected chi connectivity index (χ0v) is 17.7. The number of anilines is 1. The Morgan fingerprint density at radius 1 is 0.931 bits per heavy atom. The van der Waals surface area contributed by atoms with E-state index in [-0.39, 0.29) is 0 Å². The topological polar surface area (TPSA) is 49.9 Å². The number of ether oxygens (including phenoxy) is 1. The maximum atomic E-state index is 13.5. The molecule has 152 valence electrons. The van der Waals surface area contributed by atoms with Crippen LogP contribution in [0.2, 0.25) is 0 Å². The van der Waals surface area contributed by atoms with E-state index in [1.54, 1.807) is 26.3 Å². The third-order valence-corrected chi connectivity index (χ3v) is 7.45. The molecule has 1 saturated heterocycles. The summed E-state index contributed by atoms with van der Waals surface area (Å²) in [7, 11) is -0.427. The molecule has 0 atom stereocenters. The van der Waals surface area contributed by atoms with Crippen molar-refractivity contribution >= 4 is 26.5 Å². The van der Waals surface area contributed by atoms with Gasteiger partial charge in [-0.25, -0.2) is 8.42 Å². The van der Waals surface area contributed by atoms with Crippen molar-refractivity contribution in [2.24, 2.45) is 0 Å². The monoisotopic (exact) mass is 410 g/mol. The predicted octanol–water partition coefficient (Wildman–Crippen LogP) is 4.27. The summed E-state index contributed by atoms with van der Waals surface area (Å²) in [6.45, 7) is 2.38. The van der Waals surface area contributed by atoms with Crippen LogP contribution >= 0.6 is 0 Å². The van der Waals surface area contributed by atoms with E-state index in [1.165, 1.54) is 17.1 Å². The maximum absolute atomic E-state index is 13.5. The number of hydrogen-bond acceptors (Lipinski definition) is 4. The fraction of sp³-hybridized carbons (Fsp3) is 0.304. The van der Waals surface area contributed by atoms with Crippen LogP contribution in [-0.2, 0) is 16.6 Å². The molecule has 29 heavy (non-hydrogen) atoms. The Bertz CT molecular complexity index is 1120. The van der Waals surface area contributed by atoms with Crippen molar-refractivity contribution in [1.82, 2.24) is 4.31 Å². The number of para-hydroxylation sites is 1. The summed E-state index contributed by atoms with van der Waals surface area (Å²) < 4.78 is 33.8. The molecule has 3 aromatic carbocycles. The molecule has 1 aliphatic heterocycles. The van der Waals surface area contributed by atoms with E-state index in [4.69, 9.17) is 4.74 Å². The highest BCUT2D eigenvalue weighted by atomic mass is 32.2. The van der Waals surface area contributed by atoms with E-state index >= 15 is 0 Å². The van der Waals surface area contributed by atoms with Gasteiger partial charge in [0.05, 0.1) is 12.0 Å². The smallest absolute Gasteiger partial charge is 0.243 e. The van der Waals surface area contributed by atoms with Crippen molar-refractivity contribution in [2.45, 2.75) is 24.3 Å². The van der Waals surface area contributed by atoms with E-state index in [0.29, 0.717) is 22.6 Å². The highest BCUT2D eigenvalue weighted by molar-refractivity contribution is 7.89. The summed E-state index contributed by atoms with van der Waals surface area (Å²) in [4.78, 5) is 2.65. The minimum atomic E-state index is -3.67. The first-order chi connectivity index (χ1) is 14.0. The summed E-state index contributed by atoms with van der Waals surface area (Å²) in [5.74, 6) is 0.668. The number of benzene rings is 3. The Balaban J connectivity index is 1.70. The Morgan fingerprint density at radius 3 is 2.31 bits per heavy atom. The van der Waals surface area contributed by atoms with Crippen LogP contribution in [0.25, 0.3) is 10.8 Å². The zero-order valence-electron chi connectivity index (χ0n) is 16.8. The number of methoxy groups -OCH3 is 1. The number of nitrogens with zero attached hydrogens (tertiary/aromatic N) is 2. The van der Waals surface area contributed by atoms with Crippen LogP contribution in [0.4, 0.5) is 5.69 Å². The molecule has 3 aromatic rings. The van der Waals surface area contributed by atoms with Crippen molar-refractivity contribution in [3.05, 3.63) is 66.2 Å². The average molecular weight is 411 g/mol. The van der Waals surface area contributed by atoms with Gasteiger partial charge >= 0.3 is 0 Å². The van der Waals surface area contributed by atoms with Gasteiger partial charge < -0.3 is 9.64 Å². The lowest BCUT2D eigenvalue weighted by Crippen LogP contribution is -2.28. The summed E-state index contributed by atoms with van der Waals surface area (Å²) in [5, 5.41) is 1.47. The maximum Gasteiger partial charge on any atom is 0.243 e. The normalized spacial score (nSPS) is 14.7. The van der Waals surface area contributed by atoms with Crippen molar-refractivity contribution in [2.75, 3.05) is 32.1 Å². The molecule has 1 fully saturated rings. The van der Waals surface area contributed by atoms with Crippen molar-refractivity contribution in [1.29, 1.82) is 0 Å². The summed E-state index contributed by atoms with van der Waals surface area (Å²) in [6, 6.07) is 18.9. The number of fused-ring (bicyclic) bond motifs is 1. The molecular formula is C23H26N2O3S. The molecule has 0 saturated carbocycles. The number of rotatable bonds is 6. The highest BCUT2D eigenvalue weighted by Crippen LogP contribution is 2.33. The SMILES string of the molecule is COc1ccc(S(=O)(=O)N(C)Cc2ccccc2N2CCCC2)c2ccccc12. The van der Waals surface area contributed by atoms with E-state index < -0.39 is 10.0 Å². The van der Waals surface area contributed by atoms with Crippen LogP contribution in [0.5, 0.6) is 5.75 Å². The van der Waals surface area contributed by atoms with Crippen LogP contribution in [0, 0.1) is 0 Å². The minimum absolute atomic E-state index is 0.301. The molecule has 0 aliphatic carbocycles. The first-order valence-electron chi connectivity index (χ1n) is 9.87. The third-order valence-electron chi connectivity index (χ3n) is 5.58. The minimum Gasteiger partial charge on any atom is -0.496 e. The van der Waals surface area contributed by atoms with Crippen LogP contribution in [0.15, 0.2) is 65.6 Å². The van der Waals surface area contributed by atoms with E-state index in [0.717, 1.165) is 29.7 Å². The van der Waals surface area contributed by atoms with Crippen molar-refractivity contribution in [3.63, 3.8) is 0 Å². The van der Waals surface area contributed by atoms with Gasteiger partial charge in [0, 0.05) is 43.1 Å². The fourth-order valence-corrected chi connectivity index (χ4v) is 5.39. The lowest BCUT2D eigenvalue weighted by molar-refractivity contribution is 0.419. The molecule has 0 radical (unpaired) electrons. The highest BCUT2D eigenvalue weighted by Gasteiger charge is 2.25. The Labute approximate surface area is 172 Å². The second kappa shape index (κ2) is 8.05. The van der Waals surface area contributed by atoms with Gasteiger partial charge in [-0.15, -0.1) is 0 Å². The molecular weight excluding hydrogens is 384 g/mol. The van der Waals surface area contributed by atoms with Crippen molar-refractivity contribution in [3.8, 4) is 5.75 Å². The van der Waals surface area contributed by atoms with E-state index in [1.807, 2.05) is 42.5 Å². The second-order valence-corrected chi connectivity index (χ2v) is 9.41. The third kappa shape index (κ3) is 3.70. The molecule has 0 aromatic heterocycles. The largest absolute Gasteiger partial charge is 0.496 e.